The van der Waals surface area contributed by atoms with Crippen LogP contribution in [-0.2, 0) is 19.4 Å². The fourth-order valence-electron chi connectivity index (χ4n) is 6.07. The average Bonchev–Trinajstić information content (AvgIpc) is 3.18. The van der Waals surface area contributed by atoms with Gasteiger partial charge in [0.15, 0.2) is 0 Å². The number of nitrogens with one attached hydrogen (secondary N) is 2. The number of aliphatic imine (C=N–C) groups is 1. The van der Waals surface area contributed by atoms with E-state index in [-0.39, 0.29) is 5.82 Å². The summed E-state index contributed by atoms with van der Waals surface area (Å²) in [6.07, 6.45) is 1.54. The molecule has 0 radical (unpaired) electrons. The van der Waals surface area contributed by atoms with Gasteiger partial charge in [0, 0.05) is 55.0 Å². The number of fused-ring (bicyclic) bond motifs is 2. The first-order chi connectivity index (χ1) is 20.4. The normalized spacial score (nSPS) is 16.2. The summed E-state index contributed by atoms with van der Waals surface area (Å²) in [7, 11) is 0. The molecular formula is C34H35FN6O. The third-order valence-electron chi connectivity index (χ3n) is 8.40. The summed E-state index contributed by atoms with van der Waals surface area (Å²) in [4.78, 5) is 17.0. The highest BCUT2D eigenvalue weighted by atomic mass is 19.1. The lowest BCUT2D eigenvalue weighted by Crippen LogP contribution is -2.51. The molecule has 1 saturated heterocycles. The highest BCUT2D eigenvalue weighted by Gasteiger charge is 2.25. The summed E-state index contributed by atoms with van der Waals surface area (Å²) in [5, 5.41) is 6.79. The van der Waals surface area contributed by atoms with Crippen molar-refractivity contribution in [1.82, 2.24) is 15.3 Å². The van der Waals surface area contributed by atoms with E-state index in [1.54, 1.807) is 0 Å². The molecule has 0 saturated carbocycles. The molecule has 4 heterocycles. The smallest absolute Gasteiger partial charge is 0.225 e. The number of aromatic nitrogens is 2. The van der Waals surface area contributed by atoms with E-state index in [9.17, 15) is 4.39 Å². The maximum absolute atomic E-state index is 13.7. The number of hydrogen-bond acceptors (Lipinski definition) is 7. The van der Waals surface area contributed by atoms with Crippen molar-refractivity contribution >= 4 is 23.2 Å². The van der Waals surface area contributed by atoms with Crippen LogP contribution in [0.3, 0.4) is 0 Å². The van der Waals surface area contributed by atoms with E-state index in [0.29, 0.717) is 38.1 Å². The van der Waals surface area contributed by atoms with Crippen LogP contribution in [0.1, 0.15) is 40.4 Å². The Morgan fingerprint density at radius 3 is 2.60 bits per heavy atom. The average molecular weight is 563 g/mol. The number of aryl methyl sites for hydroxylation is 2. The van der Waals surface area contributed by atoms with Crippen LogP contribution in [0.2, 0.25) is 0 Å². The first-order valence-corrected chi connectivity index (χ1v) is 14.7. The largest absolute Gasteiger partial charge is 0.491 e. The van der Waals surface area contributed by atoms with Gasteiger partial charge in [0.25, 0.3) is 0 Å². The summed E-state index contributed by atoms with van der Waals surface area (Å²) < 4.78 is 20.0. The SMILES string of the molecule is CC1=Nc2cc(-c3cc(C)c4c(c3)CN(c3nc(NC5CNC5)nc(C)c3Cc3ccc(F)cc3)CCO4)ccc2C1. The van der Waals surface area contributed by atoms with Crippen molar-refractivity contribution in [2.45, 2.75) is 46.2 Å². The van der Waals surface area contributed by atoms with Gasteiger partial charge in [-0.1, -0.05) is 24.3 Å². The van der Waals surface area contributed by atoms with Crippen LogP contribution in [-0.4, -0.2) is 48.0 Å². The Labute approximate surface area is 245 Å². The molecule has 7 rings (SSSR count). The number of ether oxygens (including phenoxy) is 1. The van der Waals surface area contributed by atoms with E-state index in [0.717, 1.165) is 81.6 Å². The number of hydrogen-bond donors (Lipinski definition) is 2. The van der Waals surface area contributed by atoms with E-state index < -0.39 is 0 Å². The summed E-state index contributed by atoms with van der Waals surface area (Å²) in [5.74, 6) is 2.24. The maximum Gasteiger partial charge on any atom is 0.225 e. The van der Waals surface area contributed by atoms with Crippen LogP contribution in [0.5, 0.6) is 5.75 Å². The molecule has 4 aromatic rings. The zero-order chi connectivity index (χ0) is 28.8. The lowest BCUT2D eigenvalue weighted by molar-refractivity contribution is 0.329. The Balaban J connectivity index is 1.26. The Bertz CT molecular complexity index is 1700. The van der Waals surface area contributed by atoms with Gasteiger partial charge in [-0.15, -0.1) is 0 Å². The van der Waals surface area contributed by atoms with Crippen molar-refractivity contribution in [2.24, 2.45) is 4.99 Å². The predicted molar refractivity (Wildman–Crippen MR) is 166 cm³/mol. The maximum atomic E-state index is 13.7. The van der Waals surface area contributed by atoms with E-state index >= 15 is 0 Å². The molecule has 3 aliphatic heterocycles. The third kappa shape index (κ3) is 5.23. The lowest BCUT2D eigenvalue weighted by atomic mass is 9.97. The van der Waals surface area contributed by atoms with E-state index in [4.69, 9.17) is 19.7 Å². The van der Waals surface area contributed by atoms with Gasteiger partial charge in [-0.2, -0.15) is 4.98 Å². The summed E-state index contributed by atoms with van der Waals surface area (Å²) in [5.41, 5.74) is 11.1. The molecule has 0 bridgehead atoms. The van der Waals surface area contributed by atoms with Gasteiger partial charge >= 0.3 is 0 Å². The van der Waals surface area contributed by atoms with Crippen molar-refractivity contribution in [3.8, 4) is 16.9 Å². The number of nitrogens with zero attached hydrogens (tertiary/aromatic N) is 4. The molecule has 42 heavy (non-hydrogen) atoms. The van der Waals surface area contributed by atoms with Crippen LogP contribution in [0.15, 0.2) is 59.6 Å². The lowest BCUT2D eigenvalue weighted by Gasteiger charge is -2.30. The molecule has 3 aliphatic rings. The Morgan fingerprint density at radius 2 is 1.81 bits per heavy atom. The van der Waals surface area contributed by atoms with Crippen molar-refractivity contribution in [3.05, 3.63) is 93.9 Å². The van der Waals surface area contributed by atoms with E-state index in [1.807, 2.05) is 19.1 Å². The first kappa shape index (κ1) is 26.6. The van der Waals surface area contributed by atoms with Gasteiger partial charge in [-0.05, 0) is 78.9 Å². The second-order valence-electron chi connectivity index (χ2n) is 11.7. The molecule has 8 heteroatoms. The van der Waals surface area contributed by atoms with Gasteiger partial charge in [0.2, 0.25) is 5.95 Å². The first-order valence-electron chi connectivity index (χ1n) is 14.7. The van der Waals surface area contributed by atoms with Crippen molar-refractivity contribution < 1.29 is 9.13 Å². The quantitative estimate of drug-likeness (QED) is 0.304. The van der Waals surface area contributed by atoms with Gasteiger partial charge in [0.1, 0.15) is 24.0 Å². The summed E-state index contributed by atoms with van der Waals surface area (Å²) in [6.45, 7) is 9.94. The van der Waals surface area contributed by atoms with Crippen molar-refractivity contribution in [1.29, 1.82) is 0 Å². The van der Waals surface area contributed by atoms with Gasteiger partial charge in [-0.3, -0.25) is 4.99 Å². The minimum absolute atomic E-state index is 0.238. The van der Waals surface area contributed by atoms with Gasteiger partial charge < -0.3 is 20.3 Å². The van der Waals surface area contributed by atoms with E-state index in [2.05, 4.69) is 59.7 Å². The van der Waals surface area contributed by atoms with Crippen LogP contribution < -0.4 is 20.3 Å². The molecule has 1 aromatic heterocycles. The monoisotopic (exact) mass is 562 g/mol. The number of benzene rings is 3. The molecule has 2 N–H and O–H groups in total. The van der Waals surface area contributed by atoms with Crippen molar-refractivity contribution in [2.75, 3.05) is 36.5 Å². The molecular weight excluding hydrogens is 527 g/mol. The number of anilines is 2. The van der Waals surface area contributed by atoms with Crippen molar-refractivity contribution in [3.63, 3.8) is 0 Å². The Morgan fingerprint density at radius 1 is 0.976 bits per heavy atom. The molecule has 1 fully saturated rings. The van der Waals surface area contributed by atoms with Crippen LogP contribution in [0.4, 0.5) is 21.8 Å². The molecule has 7 nitrogen and oxygen atoms in total. The highest BCUT2D eigenvalue weighted by molar-refractivity contribution is 5.93. The predicted octanol–water partition coefficient (Wildman–Crippen LogP) is 5.92. The topological polar surface area (TPSA) is 74.7 Å². The fraction of sp³-hybridized carbons (Fsp3) is 0.324. The zero-order valence-electron chi connectivity index (χ0n) is 24.3. The van der Waals surface area contributed by atoms with Crippen LogP contribution in [0.25, 0.3) is 11.1 Å². The minimum atomic E-state index is -0.238. The Hall–Kier alpha value is -4.30. The third-order valence-corrected chi connectivity index (χ3v) is 8.40. The number of rotatable bonds is 6. The second kappa shape index (κ2) is 10.8. The molecule has 0 amide bonds. The standard InChI is InChI=1S/C34H35FN6O/c1-20-12-26(24-6-7-25-13-21(2)37-31(25)16-24)15-27-19-41(10-11-42-32(20)27)33-30(14-23-4-8-28(35)9-5-23)22(3)38-34(40-33)39-29-17-36-18-29/h4-9,12,15-16,29,36H,10-11,13-14,17-19H2,1-3H3,(H,38,39,40). The molecule has 214 valence electrons. The molecule has 3 aromatic carbocycles. The molecule has 0 atom stereocenters. The second-order valence-corrected chi connectivity index (χ2v) is 11.7. The number of halogens is 1. The molecule has 0 aliphatic carbocycles. The minimum Gasteiger partial charge on any atom is -0.491 e. The zero-order valence-corrected chi connectivity index (χ0v) is 24.3. The van der Waals surface area contributed by atoms with Crippen LogP contribution >= 0.6 is 0 Å². The summed E-state index contributed by atoms with van der Waals surface area (Å²) in [6, 6.07) is 18.1. The van der Waals surface area contributed by atoms with Gasteiger partial charge in [-0.25, -0.2) is 9.37 Å². The Kier molecular flexibility index (Phi) is 6.86. The molecule has 0 unspecified atom stereocenters. The van der Waals surface area contributed by atoms with Crippen LogP contribution in [0, 0.1) is 19.7 Å². The van der Waals surface area contributed by atoms with E-state index in [1.165, 1.54) is 17.7 Å². The highest BCUT2D eigenvalue weighted by Crippen LogP contribution is 2.38. The summed E-state index contributed by atoms with van der Waals surface area (Å²) >= 11 is 0. The molecule has 0 spiro atoms. The fourth-order valence-corrected chi connectivity index (χ4v) is 6.07. The van der Waals surface area contributed by atoms with Gasteiger partial charge in [0.05, 0.1) is 18.3 Å².